The molecule has 0 saturated carbocycles. The lowest BCUT2D eigenvalue weighted by atomic mass is 10.2. The minimum Gasteiger partial charge on any atom is -0.480 e. The first-order valence-electron chi connectivity index (χ1n) is 6.93. The molecule has 0 aromatic heterocycles. The summed E-state index contributed by atoms with van der Waals surface area (Å²) in [5, 5.41) is 13.5. The van der Waals surface area contributed by atoms with Crippen LogP contribution in [0.2, 0.25) is 0 Å². The molecule has 3 amide bonds. The molecule has 1 aromatic carbocycles. The van der Waals surface area contributed by atoms with Gasteiger partial charge in [-0.15, -0.1) is 0 Å². The van der Waals surface area contributed by atoms with Gasteiger partial charge in [0.05, 0.1) is 13.1 Å². The predicted octanol–water partition coefficient (Wildman–Crippen LogP) is -0.648. The second-order valence-electron chi connectivity index (χ2n) is 4.82. The highest BCUT2D eigenvalue weighted by Crippen LogP contribution is 2.04. The zero-order chi connectivity index (χ0) is 17.2. The third kappa shape index (κ3) is 7.60. The van der Waals surface area contributed by atoms with E-state index >= 15 is 0 Å². The molecule has 0 bridgehead atoms. The summed E-state index contributed by atoms with van der Waals surface area (Å²) >= 11 is 0. The van der Waals surface area contributed by atoms with E-state index in [0.717, 1.165) is 10.5 Å². The van der Waals surface area contributed by atoms with Gasteiger partial charge in [0.15, 0.2) is 0 Å². The predicted molar refractivity (Wildman–Crippen MR) is 81.2 cm³/mol. The maximum Gasteiger partial charge on any atom is 0.323 e. The molecule has 0 spiro atoms. The Morgan fingerprint density at radius 3 is 2.26 bits per heavy atom. The molecule has 3 N–H and O–H groups in total. The number of rotatable bonds is 8. The van der Waals surface area contributed by atoms with Gasteiger partial charge < -0.3 is 20.6 Å². The molecular weight excluding hydrogens is 302 g/mol. The van der Waals surface area contributed by atoms with Crippen molar-refractivity contribution in [1.82, 2.24) is 15.5 Å². The first kappa shape index (κ1) is 18.1. The number of carbonyl (C=O) groups is 4. The van der Waals surface area contributed by atoms with Gasteiger partial charge in [-0.05, 0) is 5.56 Å². The number of carboxylic acids is 1. The van der Waals surface area contributed by atoms with Gasteiger partial charge in [0.25, 0.3) is 0 Å². The Morgan fingerprint density at radius 2 is 1.70 bits per heavy atom. The summed E-state index contributed by atoms with van der Waals surface area (Å²) in [4.78, 5) is 46.2. The van der Waals surface area contributed by atoms with E-state index in [1.54, 1.807) is 24.3 Å². The molecule has 0 aliphatic carbocycles. The van der Waals surface area contributed by atoms with Crippen molar-refractivity contribution in [3.8, 4) is 0 Å². The Morgan fingerprint density at radius 1 is 1.04 bits per heavy atom. The summed E-state index contributed by atoms with van der Waals surface area (Å²) in [5.74, 6) is -2.54. The van der Waals surface area contributed by atoms with Gasteiger partial charge in [0.2, 0.25) is 17.7 Å². The van der Waals surface area contributed by atoms with Crippen LogP contribution in [0.4, 0.5) is 0 Å². The molecule has 0 aliphatic heterocycles. The molecule has 0 unspecified atom stereocenters. The smallest absolute Gasteiger partial charge is 0.323 e. The second-order valence-corrected chi connectivity index (χ2v) is 4.82. The second kappa shape index (κ2) is 9.19. The van der Waals surface area contributed by atoms with Crippen molar-refractivity contribution in [2.75, 3.05) is 19.6 Å². The van der Waals surface area contributed by atoms with Crippen LogP contribution in [0.1, 0.15) is 12.5 Å². The highest BCUT2D eigenvalue weighted by atomic mass is 16.4. The zero-order valence-corrected chi connectivity index (χ0v) is 12.7. The van der Waals surface area contributed by atoms with Gasteiger partial charge in [-0.1, -0.05) is 30.3 Å². The number of hydrogen-bond acceptors (Lipinski definition) is 4. The van der Waals surface area contributed by atoms with Gasteiger partial charge in [0.1, 0.15) is 6.54 Å². The van der Waals surface area contributed by atoms with Gasteiger partial charge in [-0.25, -0.2) is 0 Å². The Hall–Kier alpha value is -2.90. The van der Waals surface area contributed by atoms with E-state index in [4.69, 9.17) is 5.11 Å². The lowest BCUT2D eigenvalue weighted by Crippen LogP contribution is -2.44. The lowest BCUT2D eigenvalue weighted by molar-refractivity contribution is -0.144. The van der Waals surface area contributed by atoms with E-state index in [2.05, 4.69) is 10.6 Å². The van der Waals surface area contributed by atoms with Gasteiger partial charge in [-0.2, -0.15) is 0 Å². The maximum absolute atomic E-state index is 12.1. The fraction of sp³-hybridized carbons (Fsp3) is 0.333. The summed E-state index contributed by atoms with van der Waals surface area (Å²) < 4.78 is 0. The summed E-state index contributed by atoms with van der Waals surface area (Å²) in [7, 11) is 0. The van der Waals surface area contributed by atoms with Crippen molar-refractivity contribution in [1.29, 1.82) is 0 Å². The van der Waals surface area contributed by atoms with Crippen molar-refractivity contribution in [2.45, 2.75) is 13.5 Å². The van der Waals surface area contributed by atoms with Crippen LogP contribution in [0.25, 0.3) is 0 Å². The zero-order valence-electron chi connectivity index (χ0n) is 12.7. The lowest BCUT2D eigenvalue weighted by Gasteiger charge is -2.21. The normalized spacial score (nSPS) is 9.78. The average Bonchev–Trinajstić information content (AvgIpc) is 2.50. The van der Waals surface area contributed by atoms with Crippen LogP contribution in [0.3, 0.4) is 0 Å². The number of nitrogens with one attached hydrogen (secondary N) is 2. The number of hydrogen-bond donors (Lipinski definition) is 3. The average molecular weight is 321 g/mol. The van der Waals surface area contributed by atoms with Crippen LogP contribution < -0.4 is 10.6 Å². The van der Waals surface area contributed by atoms with Crippen LogP contribution in [-0.2, 0) is 25.7 Å². The number of nitrogens with zero attached hydrogens (tertiary/aromatic N) is 1. The maximum atomic E-state index is 12.1. The number of carbonyl (C=O) groups excluding carboxylic acids is 3. The molecule has 0 saturated heterocycles. The fourth-order valence-electron chi connectivity index (χ4n) is 1.75. The van der Waals surface area contributed by atoms with Crippen LogP contribution in [0.5, 0.6) is 0 Å². The van der Waals surface area contributed by atoms with E-state index in [-0.39, 0.29) is 25.5 Å². The van der Waals surface area contributed by atoms with Gasteiger partial charge >= 0.3 is 5.97 Å². The van der Waals surface area contributed by atoms with E-state index in [1.807, 2.05) is 6.07 Å². The molecule has 124 valence electrons. The standard InChI is InChI=1S/C15H19N3O5/c1-11(19)16-7-13(20)17-8-14(21)18(10-15(22)23)9-12-5-3-2-4-6-12/h2-6H,7-10H2,1H3,(H,16,19)(H,17,20)(H,22,23). The molecule has 1 rings (SSSR count). The fourth-order valence-corrected chi connectivity index (χ4v) is 1.75. The molecule has 0 heterocycles. The van der Waals surface area contributed by atoms with Gasteiger partial charge in [0, 0.05) is 13.5 Å². The number of benzene rings is 1. The molecule has 0 fully saturated rings. The number of amides is 3. The third-order valence-corrected chi connectivity index (χ3v) is 2.83. The summed E-state index contributed by atoms with van der Waals surface area (Å²) in [6.07, 6.45) is 0. The molecule has 23 heavy (non-hydrogen) atoms. The Kier molecular flexibility index (Phi) is 7.25. The molecule has 0 aliphatic rings. The third-order valence-electron chi connectivity index (χ3n) is 2.83. The van der Waals surface area contributed by atoms with Crippen molar-refractivity contribution in [3.05, 3.63) is 35.9 Å². The van der Waals surface area contributed by atoms with Crippen LogP contribution in [0.15, 0.2) is 30.3 Å². The molecule has 8 nitrogen and oxygen atoms in total. The van der Waals surface area contributed by atoms with E-state index in [0.29, 0.717) is 0 Å². The Balaban J connectivity index is 2.56. The molecule has 8 heteroatoms. The molecule has 1 aromatic rings. The van der Waals surface area contributed by atoms with Crippen molar-refractivity contribution < 1.29 is 24.3 Å². The van der Waals surface area contributed by atoms with E-state index in [9.17, 15) is 19.2 Å². The van der Waals surface area contributed by atoms with Gasteiger partial charge in [-0.3, -0.25) is 19.2 Å². The highest BCUT2D eigenvalue weighted by molar-refractivity contribution is 5.88. The molecule has 0 radical (unpaired) electrons. The summed E-state index contributed by atoms with van der Waals surface area (Å²) in [6.45, 7) is 0.370. The minimum atomic E-state index is -1.14. The van der Waals surface area contributed by atoms with Crippen molar-refractivity contribution >= 4 is 23.7 Å². The Labute approximate surface area is 133 Å². The number of aliphatic carboxylic acids is 1. The van der Waals surface area contributed by atoms with Crippen LogP contribution in [-0.4, -0.2) is 53.3 Å². The molecule has 0 atom stereocenters. The minimum absolute atomic E-state index is 0.132. The summed E-state index contributed by atoms with van der Waals surface area (Å²) in [6, 6.07) is 8.94. The van der Waals surface area contributed by atoms with Crippen molar-refractivity contribution in [2.24, 2.45) is 0 Å². The largest absolute Gasteiger partial charge is 0.480 e. The van der Waals surface area contributed by atoms with Crippen molar-refractivity contribution in [3.63, 3.8) is 0 Å². The van der Waals surface area contributed by atoms with E-state index in [1.165, 1.54) is 6.92 Å². The topological polar surface area (TPSA) is 116 Å². The first-order chi connectivity index (χ1) is 10.9. The molecular formula is C15H19N3O5. The van der Waals surface area contributed by atoms with E-state index < -0.39 is 24.3 Å². The Bertz CT molecular complexity index is 574. The SMILES string of the molecule is CC(=O)NCC(=O)NCC(=O)N(CC(=O)O)Cc1ccccc1. The highest BCUT2D eigenvalue weighted by Gasteiger charge is 2.17. The monoisotopic (exact) mass is 321 g/mol. The number of carboxylic acid groups (broad SMARTS) is 1. The van der Waals surface area contributed by atoms with Crippen LogP contribution in [0, 0.1) is 0 Å². The first-order valence-corrected chi connectivity index (χ1v) is 6.93. The van der Waals surface area contributed by atoms with Crippen LogP contribution >= 0.6 is 0 Å². The summed E-state index contributed by atoms with van der Waals surface area (Å²) in [5.41, 5.74) is 0.784. The quantitative estimate of drug-likeness (QED) is 0.588.